The average Bonchev–Trinajstić information content (AvgIpc) is 2.38. The second-order valence-corrected chi connectivity index (χ2v) is 5.43. The van der Waals surface area contributed by atoms with Gasteiger partial charge >= 0.3 is 14.0 Å². The van der Waals surface area contributed by atoms with Crippen molar-refractivity contribution in [3.63, 3.8) is 0 Å². The lowest BCUT2D eigenvalue weighted by Gasteiger charge is -2.10. The number of esters is 1. The summed E-state index contributed by atoms with van der Waals surface area (Å²) in [6.07, 6.45) is 2.23. The Morgan fingerprint density at radius 2 is 2.05 bits per heavy atom. The first-order valence-electron chi connectivity index (χ1n) is 6.47. The molecule has 1 aromatic rings. The van der Waals surface area contributed by atoms with Crippen molar-refractivity contribution < 1.29 is 19.0 Å². The van der Waals surface area contributed by atoms with Crippen molar-refractivity contribution >= 4 is 14.0 Å². The molecule has 1 rings (SSSR count). The summed E-state index contributed by atoms with van der Waals surface area (Å²) in [5, 5.41) is 0. The lowest BCUT2D eigenvalue weighted by Crippen LogP contribution is -2.20. The van der Waals surface area contributed by atoms with Crippen molar-refractivity contribution in [2.24, 2.45) is 5.92 Å². The van der Waals surface area contributed by atoms with E-state index in [0.717, 1.165) is 12.8 Å². The molecule has 1 aromatic carbocycles. The zero-order chi connectivity index (χ0) is 14.1. The molecular formula is C14H20O4P+. The normalized spacial score (nSPS) is 12.8. The summed E-state index contributed by atoms with van der Waals surface area (Å²) in [6.45, 7) is 2.04. The van der Waals surface area contributed by atoms with E-state index < -0.39 is 13.9 Å². The highest BCUT2D eigenvalue weighted by atomic mass is 31.1. The Morgan fingerprint density at radius 1 is 1.37 bits per heavy atom. The molecule has 0 heterocycles. The number of hydrogen-bond donors (Lipinski definition) is 1. The van der Waals surface area contributed by atoms with Gasteiger partial charge in [-0.3, -0.25) is 4.79 Å². The summed E-state index contributed by atoms with van der Waals surface area (Å²) >= 11 is 0. The third kappa shape index (κ3) is 6.46. The molecule has 0 spiro atoms. The summed E-state index contributed by atoms with van der Waals surface area (Å²) in [5.74, 6) is -0.842. The second-order valence-electron chi connectivity index (χ2n) is 4.36. The highest BCUT2D eigenvalue weighted by Gasteiger charge is 2.28. The summed E-state index contributed by atoms with van der Waals surface area (Å²) in [6, 6.07) is 9.98. The van der Waals surface area contributed by atoms with Gasteiger partial charge in [0.25, 0.3) is 0 Å². The van der Waals surface area contributed by atoms with E-state index in [-0.39, 0.29) is 12.1 Å². The van der Waals surface area contributed by atoms with Crippen LogP contribution in [0.5, 0.6) is 0 Å². The number of ether oxygens (including phenoxy) is 1. The Labute approximate surface area is 114 Å². The number of benzene rings is 1. The Kier molecular flexibility index (Phi) is 7.31. The molecule has 0 fully saturated rings. The lowest BCUT2D eigenvalue weighted by atomic mass is 10.0. The van der Waals surface area contributed by atoms with Crippen LogP contribution in [0.2, 0.25) is 0 Å². The Hall–Kier alpha value is -1.25. The standard InChI is InChI=1S/C14H19O4P/c1-2-18-14(15)13(11-19(16)17)10-6-9-12-7-4-3-5-8-12/h3-5,7-8,13H,2,6,9-11H2,1H3/p+1. The van der Waals surface area contributed by atoms with Crippen molar-refractivity contribution in [1.29, 1.82) is 0 Å². The van der Waals surface area contributed by atoms with E-state index in [9.17, 15) is 9.36 Å². The predicted octanol–water partition coefficient (Wildman–Crippen LogP) is 2.92. The van der Waals surface area contributed by atoms with Crippen LogP contribution in [0.4, 0.5) is 0 Å². The van der Waals surface area contributed by atoms with Crippen LogP contribution in [0.25, 0.3) is 0 Å². The van der Waals surface area contributed by atoms with Crippen molar-refractivity contribution in [1.82, 2.24) is 0 Å². The minimum atomic E-state index is -2.30. The number of hydrogen-bond acceptors (Lipinski definition) is 3. The molecule has 2 atom stereocenters. The quantitative estimate of drug-likeness (QED) is 0.588. The molecule has 19 heavy (non-hydrogen) atoms. The smallest absolute Gasteiger partial charge is 0.466 e. The fourth-order valence-corrected chi connectivity index (χ4v) is 2.64. The topological polar surface area (TPSA) is 63.6 Å². The van der Waals surface area contributed by atoms with E-state index in [1.54, 1.807) is 6.92 Å². The maximum Gasteiger partial charge on any atom is 0.506 e. The molecule has 4 nitrogen and oxygen atoms in total. The van der Waals surface area contributed by atoms with Gasteiger partial charge < -0.3 is 4.74 Å². The fraction of sp³-hybridized carbons (Fsp3) is 0.500. The Morgan fingerprint density at radius 3 is 2.63 bits per heavy atom. The summed E-state index contributed by atoms with van der Waals surface area (Å²) in [7, 11) is -2.30. The van der Waals surface area contributed by atoms with Gasteiger partial charge in [-0.2, -0.15) is 4.89 Å². The van der Waals surface area contributed by atoms with Gasteiger partial charge in [0.1, 0.15) is 5.92 Å². The highest BCUT2D eigenvalue weighted by molar-refractivity contribution is 7.38. The molecule has 0 radical (unpaired) electrons. The monoisotopic (exact) mass is 283 g/mol. The zero-order valence-corrected chi connectivity index (χ0v) is 12.0. The van der Waals surface area contributed by atoms with Gasteiger partial charge in [-0.1, -0.05) is 30.3 Å². The van der Waals surface area contributed by atoms with E-state index in [1.807, 2.05) is 30.3 Å². The molecule has 5 heteroatoms. The minimum absolute atomic E-state index is 0.0110. The molecule has 104 valence electrons. The van der Waals surface area contributed by atoms with Crippen LogP contribution >= 0.6 is 8.03 Å². The minimum Gasteiger partial charge on any atom is -0.466 e. The van der Waals surface area contributed by atoms with Crippen LogP contribution in [0.3, 0.4) is 0 Å². The molecule has 0 bridgehead atoms. The first-order chi connectivity index (χ1) is 9.13. The fourth-order valence-electron chi connectivity index (χ4n) is 1.93. The van der Waals surface area contributed by atoms with Crippen LogP contribution in [0.15, 0.2) is 30.3 Å². The van der Waals surface area contributed by atoms with Gasteiger partial charge in [-0.15, -0.1) is 0 Å². The molecule has 0 aliphatic rings. The van der Waals surface area contributed by atoms with E-state index in [0.29, 0.717) is 13.0 Å². The van der Waals surface area contributed by atoms with Crippen molar-refractivity contribution in [2.75, 3.05) is 12.8 Å². The molecule has 1 N–H and O–H groups in total. The molecule has 0 aliphatic heterocycles. The molecule has 0 saturated carbocycles. The first-order valence-corrected chi connectivity index (χ1v) is 7.87. The summed E-state index contributed by atoms with van der Waals surface area (Å²) < 4.78 is 15.8. The van der Waals surface area contributed by atoms with Gasteiger partial charge in [-0.05, 0) is 36.3 Å². The largest absolute Gasteiger partial charge is 0.506 e. The second kappa shape index (κ2) is 8.78. The SMILES string of the molecule is CCOC(=O)C(CCCc1ccccc1)C[P+](=O)O. The van der Waals surface area contributed by atoms with Crippen LogP contribution in [0, 0.1) is 5.92 Å². The number of carbonyl (C=O) groups excluding carboxylic acids is 1. The van der Waals surface area contributed by atoms with Crippen LogP contribution in [-0.2, 0) is 20.5 Å². The highest BCUT2D eigenvalue weighted by Crippen LogP contribution is 2.23. The maximum atomic E-state index is 11.7. The summed E-state index contributed by atoms with van der Waals surface area (Å²) in [5.41, 5.74) is 1.21. The molecule has 0 aliphatic carbocycles. The average molecular weight is 283 g/mol. The number of aryl methyl sites for hydroxylation is 1. The van der Waals surface area contributed by atoms with Gasteiger partial charge in [0.15, 0.2) is 6.16 Å². The predicted molar refractivity (Wildman–Crippen MR) is 74.2 cm³/mol. The van der Waals surface area contributed by atoms with Crippen molar-refractivity contribution in [3.05, 3.63) is 35.9 Å². The molecule has 2 unspecified atom stereocenters. The van der Waals surface area contributed by atoms with Gasteiger partial charge in [-0.25, -0.2) is 0 Å². The van der Waals surface area contributed by atoms with Crippen molar-refractivity contribution in [3.8, 4) is 0 Å². The van der Waals surface area contributed by atoms with Gasteiger partial charge in [0.2, 0.25) is 0 Å². The molecule has 0 amide bonds. The van der Waals surface area contributed by atoms with Crippen LogP contribution < -0.4 is 0 Å². The van der Waals surface area contributed by atoms with E-state index >= 15 is 0 Å². The third-order valence-electron chi connectivity index (χ3n) is 2.86. The van der Waals surface area contributed by atoms with E-state index in [1.165, 1.54) is 5.56 Å². The molecule has 0 saturated heterocycles. The Balaban J connectivity index is 2.44. The first kappa shape index (κ1) is 15.8. The third-order valence-corrected chi connectivity index (χ3v) is 3.61. The van der Waals surface area contributed by atoms with Gasteiger partial charge in [0, 0.05) is 0 Å². The van der Waals surface area contributed by atoms with Gasteiger partial charge in [0.05, 0.1) is 6.61 Å². The molecule has 0 aromatic heterocycles. The summed E-state index contributed by atoms with van der Waals surface area (Å²) in [4.78, 5) is 20.6. The van der Waals surface area contributed by atoms with E-state index in [4.69, 9.17) is 9.63 Å². The molecular weight excluding hydrogens is 263 g/mol. The van der Waals surface area contributed by atoms with Crippen molar-refractivity contribution in [2.45, 2.75) is 26.2 Å². The van der Waals surface area contributed by atoms with Crippen LogP contribution in [-0.4, -0.2) is 23.6 Å². The lowest BCUT2D eigenvalue weighted by molar-refractivity contribution is -0.147. The number of rotatable bonds is 8. The zero-order valence-electron chi connectivity index (χ0n) is 11.1. The van der Waals surface area contributed by atoms with Crippen LogP contribution in [0.1, 0.15) is 25.3 Å². The Bertz CT molecular complexity index is 405. The maximum absolute atomic E-state index is 11.7. The van der Waals surface area contributed by atoms with E-state index in [2.05, 4.69) is 0 Å². The number of carbonyl (C=O) groups is 1.